The van der Waals surface area contributed by atoms with Gasteiger partial charge in [-0.2, -0.15) is 0 Å². The molecule has 0 bridgehead atoms. The molecule has 0 saturated carbocycles. The summed E-state index contributed by atoms with van der Waals surface area (Å²) in [7, 11) is 1.52. The number of ether oxygens (including phenoxy) is 2. The minimum Gasteiger partial charge on any atom is -0.591 e. The number of rotatable bonds is 6. The van der Waals surface area contributed by atoms with Crippen molar-refractivity contribution in [3.63, 3.8) is 0 Å². The summed E-state index contributed by atoms with van der Waals surface area (Å²) in [5, 5.41) is 3.61. The summed E-state index contributed by atoms with van der Waals surface area (Å²) in [4.78, 5) is 2.78. The van der Waals surface area contributed by atoms with E-state index in [1.54, 1.807) is 6.92 Å². The van der Waals surface area contributed by atoms with Crippen LogP contribution in [0.4, 0.5) is 4.39 Å². The quantitative estimate of drug-likeness (QED) is 0.246. The van der Waals surface area contributed by atoms with Gasteiger partial charge in [0.25, 0.3) is 0 Å². The Bertz CT molecular complexity index is 759. The number of methoxy groups -OCH3 is 1. The average molecular weight is 382 g/mol. The standard InChI is InChI=1S/C17H23FN4O3S/c1-11(21-26(23)16(2,3)4)14-7-13(18)6-12-8-17(10-24-5,9-20-22-19)25-15(12)14/h6-7H,8-10H2,1-5H3/b21-11+/t17?,26-/m1/s1. The molecule has 0 saturated heterocycles. The van der Waals surface area contributed by atoms with Crippen molar-refractivity contribution >= 4 is 17.1 Å². The molecule has 1 heterocycles. The van der Waals surface area contributed by atoms with E-state index in [1.165, 1.54) is 19.2 Å². The maximum absolute atomic E-state index is 14.1. The van der Waals surface area contributed by atoms with E-state index in [4.69, 9.17) is 15.0 Å². The summed E-state index contributed by atoms with van der Waals surface area (Å²) < 4.78 is 41.4. The molecule has 1 aromatic rings. The van der Waals surface area contributed by atoms with Crippen LogP contribution in [0.1, 0.15) is 38.8 Å². The van der Waals surface area contributed by atoms with Crippen LogP contribution in [-0.2, 0) is 22.5 Å². The predicted octanol–water partition coefficient (Wildman–Crippen LogP) is 3.73. The van der Waals surface area contributed by atoms with Crippen LogP contribution in [0.15, 0.2) is 21.6 Å². The molecule has 1 unspecified atom stereocenters. The first-order valence-electron chi connectivity index (χ1n) is 8.11. The zero-order valence-corrected chi connectivity index (χ0v) is 16.4. The molecular weight excluding hydrogens is 359 g/mol. The average Bonchev–Trinajstić information content (AvgIpc) is 2.89. The third-order valence-corrected chi connectivity index (χ3v) is 5.41. The Morgan fingerprint density at radius 1 is 1.50 bits per heavy atom. The zero-order chi connectivity index (χ0) is 19.5. The van der Waals surface area contributed by atoms with Crippen molar-refractivity contribution in [2.24, 2.45) is 9.51 Å². The lowest BCUT2D eigenvalue weighted by molar-refractivity contribution is 0.0131. The third-order valence-electron chi connectivity index (χ3n) is 3.92. The monoisotopic (exact) mass is 382 g/mol. The summed E-state index contributed by atoms with van der Waals surface area (Å²) in [6, 6.07) is 2.70. The number of halogens is 1. The van der Waals surface area contributed by atoms with Crippen molar-refractivity contribution in [1.29, 1.82) is 0 Å². The Morgan fingerprint density at radius 3 is 2.77 bits per heavy atom. The van der Waals surface area contributed by atoms with Crippen LogP contribution in [0.25, 0.3) is 10.4 Å². The molecule has 0 N–H and O–H groups in total. The number of benzene rings is 1. The number of nitrogens with zero attached hydrogens (tertiary/aromatic N) is 4. The van der Waals surface area contributed by atoms with Gasteiger partial charge in [-0.05, 0) is 45.4 Å². The molecule has 0 spiro atoms. The van der Waals surface area contributed by atoms with Gasteiger partial charge in [-0.3, -0.25) is 0 Å². The van der Waals surface area contributed by atoms with E-state index in [9.17, 15) is 8.94 Å². The highest BCUT2D eigenvalue weighted by Gasteiger charge is 2.41. The first-order valence-corrected chi connectivity index (χ1v) is 9.21. The van der Waals surface area contributed by atoms with Crippen LogP contribution in [0.3, 0.4) is 0 Å². The fourth-order valence-electron chi connectivity index (χ4n) is 2.72. The molecule has 0 amide bonds. The highest BCUT2D eigenvalue weighted by atomic mass is 32.2. The molecule has 26 heavy (non-hydrogen) atoms. The van der Waals surface area contributed by atoms with Crippen molar-refractivity contribution in [2.75, 3.05) is 20.3 Å². The van der Waals surface area contributed by atoms with Crippen molar-refractivity contribution in [1.82, 2.24) is 0 Å². The van der Waals surface area contributed by atoms with Crippen LogP contribution in [0.5, 0.6) is 5.75 Å². The van der Waals surface area contributed by atoms with E-state index < -0.39 is 27.5 Å². The van der Waals surface area contributed by atoms with E-state index >= 15 is 0 Å². The van der Waals surface area contributed by atoms with Gasteiger partial charge in [-0.1, -0.05) is 9.51 Å². The SMILES string of the molecule is COCC1(CN=[N+]=[N-])Cc2cc(F)cc(/C(C)=N/[S@+]([O-])C(C)(C)C)c2O1. The van der Waals surface area contributed by atoms with Gasteiger partial charge in [0.15, 0.2) is 0 Å². The Hall–Kier alpha value is -1.80. The second-order valence-corrected chi connectivity index (χ2v) is 9.17. The minimum absolute atomic E-state index is 0.0528. The largest absolute Gasteiger partial charge is 0.591 e. The normalized spacial score (nSPS) is 21.0. The molecule has 0 aliphatic carbocycles. The molecule has 9 heteroatoms. The third kappa shape index (κ3) is 4.48. The van der Waals surface area contributed by atoms with E-state index in [1.807, 2.05) is 20.8 Å². The van der Waals surface area contributed by atoms with E-state index in [0.29, 0.717) is 29.0 Å². The lowest BCUT2D eigenvalue weighted by Gasteiger charge is -2.26. The van der Waals surface area contributed by atoms with E-state index in [-0.39, 0.29) is 13.2 Å². The summed E-state index contributed by atoms with van der Waals surface area (Å²) >= 11 is -1.48. The molecular formula is C17H23FN4O3S. The van der Waals surface area contributed by atoms with Gasteiger partial charge in [0.1, 0.15) is 33.3 Å². The van der Waals surface area contributed by atoms with Gasteiger partial charge in [0.05, 0.1) is 18.9 Å². The maximum atomic E-state index is 14.1. The Labute approximate surface area is 155 Å². The van der Waals surface area contributed by atoms with Crippen molar-refractivity contribution < 1.29 is 18.4 Å². The predicted molar refractivity (Wildman–Crippen MR) is 99.5 cm³/mol. The van der Waals surface area contributed by atoms with Crippen molar-refractivity contribution in [3.8, 4) is 5.75 Å². The summed E-state index contributed by atoms with van der Waals surface area (Å²) in [5.41, 5.74) is 9.25. The van der Waals surface area contributed by atoms with Crippen LogP contribution >= 0.6 is 0 Å². The van der Waals surface area contributed by atoms with Gasteiger partial charge < -0.3 is 14.0 Å². The van der Waals surface area contributed by atoms with Gasteiger partial charge in [0.2, 0.25) is 0 Å². The summed E-state index contributed by atoms with van der Waals surface area (Å²) in [5.74, 6) is 0.0270. The van der Waals surface area contributed by atoms with Crippen LogP contribution in [0.2, 0.25) is 0 Å². The Kier molecular flexibility index (Phi) is 6.18. The Balaban J connectivity index is 2.46. The van der Waals surface area contributed by atoms with Crippen molar-refractivity contribution in [3.05, 3.63) is 39.5 Å². The van der Waals surface area contributed by atoms with Gasteiger partial charge in [-0.15, -0.1) is 0 Å². The first-order chi connectivity index (χ1) is 12.1. The first kappa shape index (κ1) is 20.5. The van der Waals surface area contributed by atoms with Crippen molar-refractivity contribution in [2.45, 2.75) is 44.5 Å². The summed E-state index contributed by atoms with van der Waals surface area (Å²) in [6.07, 6.45) is 0.343. The van der Waals surface area contributed by atoms with E-state index in [2.05, 4.69) is 14.4 Å². The lowest BCUT2D eigenvalue weighted by Crippen LogP contribution is -2.42. The molecule has 1 aliphatic heterocycles. The smallest absolute Gasteiger partial charge is 0.144 e. The number of azide groups is 1. The van der Waals surface area contributed by atoms with Crippen LogP contribution in [-0.4, -0.2) is 40.9 Å². The number of hydrogen-bond acceptors (Lipinski definition) is 5. The number of fused-ring (bicyclic) bond motifs is 1. The molecule has 142 valence electrons. The highest BCUT2D eigenvalue weighted by molar-refractivity contribution is 7.91. The second kappa shape index (κ2) is 7.84. The zero-order valence-electron chi connectivity index (χ0n) is 15.6. The molecule has 0 aromatic heterocycles. The fourth-order valence-corrected chi connectivity index (χ4v) is 3.34. The molecule has 2 rings (SSSR count). The van der Waals surface area contributed by atoms with Crippen LogP contribution < -0.4 is 4.74 Å². The lowest BCUT2D eigenvalue weighted by atomic mass is 9.96. The highest BCUT2D eigenvalue weighted by Crippen LogP contribution is 2.40. The topological polar surface area (TPSA) is 103 Å². The fraction of sp³-hybridized carbons (Fsp3) is 0.588. The maximum Gasteiger partial charge on any atom is 0.144 e. The molecule has 1 aliphatic rings. The van der Waals surface area contributed by atoms with Gasteiger partial charge in [-0.25, -0.2) is 4.39 Å². The van der Waals surface area contributed by atoms with Crippen LogP contribution in [0, 0.1) is 5.82 Å². The molecule has 2 atom stereocenters. The number of hydrogen-bond donors (Lipinski definition) is 0. The Morgan fingerprint density at radius 2 is 2.19 bits per heavy atom. The molecule has 0 fully saturated rings. The second-order valence-electron chi connectivity index (χ2n) is 7.26. The molecule has 1 aromatic carbocycles. The molecule has 0 radical (unpaired) electrons. The van der Waals surface area contributed by atoms with Gasteiger partial charge >= 0.3 is 0 Å². The minimum atomic E-state index is -1.48. The van der Waals surface area contributed by atoms with E-state index in [0.717, 1.165) is 0 Å². The molecule has 7 nitrogen and oxygen atoms in total. The van der Waals surface area contributed by atoms with Gasteiger partial charge in [0, 0.05) is 29.6 Å². The summed E-state index contributed by atoms with van der Waals surface area (Å²) in [6.45, 7) is 7.36.